The first-order chi connectivity index (χ1) is 9.07. The van der Waals surface area contributed by atoms with E-state index in [0.717, 1.165) is 38.9 Å². The summed E-state index contributed by atoms with van der Waals surface area (Å²) in [5, 5.41) is 6.59. The van der Waals surface area contributed by atoms with E-state index >= 15 is 0 Å². The molecule has 0 aromatic rings. The zero-order chi connectivity index (χ0) is 13.9. The molecule has 2 N–H and O–H groups in total. The first kappa shape index (κ1) is 14.8. The van der Waals surface area contributed by atoms with Crippen LogP contribution in [0.2, 0.25) is 0 Å². The van der Waals surface area contributed by atoms with Crippen LogP contribution in [0.3, 0.4) is 0 Å². The van der Waals surface area contributed by atoms with Gasteiger partial charge in [0.25, 0.3) is 0 Å². The van der Waals surface area contributed by atoms with Crippen LogP contribution < -0.4 is 10.6 Å². The van der Waals surface area contributed by atoms with Gasteiger partial charge in [-0.2, -0.15) is 0 Å². The first-order valence-electron chi connectivity index (χ1n) is 7.85. The zero-order valence-electron chi connectivity index (χ0n) is 12.7. The SMILES string of the molecule is CCC1(C(=O)NCC2CCN(C(C)C)C2)CCCN1. The van der Waals surface area contributed by atoms with Crippen LogP contribution in [0.4, 0.5) is 0 Å². The Morgan fingerprint density at radius 3 is 2.84 bits per heavy atom. The molecular weight excluding hydrogens is 238 g/mol. The molecule has 2 heterocycles. The monoisotopic (exact) mass is 267 g/mol. The van der Waals surface area contributed by atoms with Gasteiger partial charge in [0.1, 0.15) is 0 Å². The number of carbonyl (C=O) groups excluding carboxylic acids is 1. The van der Waals surface area contributed by atoms with E-state index in [2.05, 4.69) is 36.3 Å². The Morgan fingerprint density at radius 1 is 1.53 bits per heavy atom. The number of likely N-dealkylation sites (tertiary alicyclic amines) is 1. The molecule has 0 spiro atoms. The minimum Gasteiger partial charge on any atom is -0.354 e. The van der Waals surface area contributed by atoms with Crippen molar-refractivity contribution >= 4 is 5.91 Å². The smallest absolute Gasteiger partial charge is 0.240 e. The third kappa shape index (κ3) is 3.29. The van der Waals surface area contributed by atoms with Crippen LogP contribution in [-0.4, -0.2) is 48.6 Å². The van der Waals surface area contributed by atoms with E-state index < -0.39 is 0 Å². The summed E-state index contributed by atoms with van der Waals surface area (Å²) in [5.41, 5.74) is -0.281. The highest BCUT2D eigenvalue weighted by atomic mass is 16.2. The molecule has 0 radical (unpaired) electrons. The Kier molecular flexibility index (Phi) is 4.85. The Bertz CT molecular complexity index is 311. The van der Waals surface area contributed by atoms with Gasteiger partial charge in [0.2, 0.25) is 5.91 Å². The van der Waals surface area contributed by atoms with E-state index in [1.165, 1.54) is 13.0 Å². The predicted octanol–water partition coefficient (Wildman–Crippen LogP) is 1.37. The Balaban J connectivity index is 1.78. The standard InChI is InChI=1S/C15H29N3O/c1-4-15(7-5-8-17-15)14(19)16-10-13-6-9-18(11-13)12(2)3/h12-13,17H,4-11H2,1-3H3,(H,16,19). The van der Waals surface area contributed by atoms with Gasteiger partial charge in [0.15, 0.2) is 0 Å². The largest absolute Gasteiger partial charge is 0.354 e. The van der Waals surface area contributed by atoms with Gasteiger partial charge in [-0.15, -0.1) is 0 Å². The maximum Gasteiger partial charge on any atom is 0.240 e. The van der Waals surface area contributed by atoms with Gasteiger partial charge in [-0.05, 0) is 58.5 Å². The van der Waals surface area contributed by atoms with Gasteiger partial charge in [0.05, 0.1) is 5.54 Å². The molecule has 0 aromatic carbocycles. The number of nitrogens with zero attached hydrogens (tertiary/aromatic N) is 1. The lowest BCUT2D eigenvalue weighted by molar-refractivity contribution is -0.127. The van der Waals surface area contributed by atoms with Crippen molar-refractivity contribution in [2.45, 2.75) is 58.0 Å². The fraction of sp³-hybridized carbons (Fsp3) is 0.933. The summed E-state index contributed by atoms with van der Waals surface area (Å²) in [6.07, 6.45) is 4.20. The molecule has 0 saturated carbocycles. The van der Waals surface area contributed by atoms with Crippen LogP contribution in [0.25, 0.3) is 0 Å². The Hall–Kier alpha value is -0.610. The van der Waals surface area contributed by atoms with Gasteiger partial charge in [-0.1, -0.05) is 6.92 Å². The molecule has 2 fully saturated rings. The number of hydrogen-bond donors (Lipinski definition) is 2. The summed E-state index contributed by atoms with van der Waals surface area (Å²) in [4.78, 5) is 14.9. The summed E-state index contributed by atoms with van der Waals surface area (Å²) in [6.45, 7) is 10.7. The molecule has 2 aliphatic heterocycles. The van der Waals surface area contributed by atoms with Crippen LogP contribution in [0, 0.1) is 5.92 Å². The lowest BCUT2D eigenvalue weighted by Crippen LogP contribution is -2.53. The van der Waals surface area contributed by atoms with Gasteiger partial charge in [-0.3, -0.25) is 4.79 Å². The average molecular weight is 267 g/mol. The van der Waals surface area contributed by atoms with Crippen molar-refractivity contribution in [1.82, 2.24) is 15.5 Å². The van der Waals surface area contributed by atoms with Crippen molar-refractivity contribution in [3.63, 3.8) is 0 Å². The highest BCUT2D eigenvalue weighted by Crippen LogP contribution is 2.23. The molecule has 2 atom stereocenters. The molecule has 0 aromatic heterocycles. The van der Waals surface area contributed by atoms with E-state index in [4.69, 9.17) is 0 Å². The van der Waals surface area contributed by atoms with E-state index in [1.54, 1.807) is 0 Å². The molecule has 2 aliphatic rings. The molecule has 2 saturated heterocycles. The fourth-order valence-electron chi connectivity index (χ4n) is 3.37. The summed E-state index contributed by atoms with van der Waals surface area (Å²) in [5.74, 6) is 0.845. The third-order valence-electron chi connectivity index (χ3n) is 4.88. The van der Waals surface area contributed by atoms with Crippen LogP contribution in [-0.2, 0) is 4.79 Å². The molecule has 1 amide bonds. The number of nitrogens with one attached hydrogen (secondary N) is 2. The number of rotatable bonds is 5. The number of amides is 1. The van der Waals surface area contributed by atoms with E-state index in [0.29, 0.717) is 12.0 Å². The van der Waals surface area contributed by atoms with Crippen LogP contribution >= 0.6 is 0 Å². The Morgan fingerprint density at radius 2 is 2.32 bits per heavy atom. The van der Waals surface area contributed by atoms with Crippen molar-refractivity contribution in [2.75, 3.05) is 26.2 Å². The maximum absolute atomic E-state index is 12.4. The van der Waals surface area contributed by atoms with Gasteiger partial charge >= 0.3 is 0 Å². The zero-order valence-corrected chi connectivity index (χ0v) is 12.7. The topological polar surface area (TPSA) is 44.4 Å². The second kappa shape index (κ2) is 6.23. The van der Waals surface area contributed by atoms with E-state index in [9.17, 15) is 4.79 Å². The van der Waals surface area contributed by atoms with E-state index in [1.807, 2.05) is 0 Å². The minimum atomic E-state index is -0.281. The van der Waals surface area contributed by atoms with Crippen LogP contribution in [0.1, 0.15) is 46.5 Å². The number of hydrogen-bond acceptors (Lipinski definition) is 3. The highest BCUT2D eigenvalue weighted by molar-refractivity contribution is 5.86. The molecular formula is C15H29N3O. The van der Waals surface area contributed by atoms with Crippen molar-refractivity contribution in [1.29, 1.82) is 0 Å². The first-order valence-corrected chi connectivity index (χ1v) is 7.85. The van der Waals surface area contributed by atoms with Crippen molar-refractivity contribution in [3.05, 3.63) is 0 Å². The second-order valence-corrected chi connectivity index (χ2v) is 6.42. The third-order valence-corrected chi connectivity index (χ3v) is 4.88. The molecule has 110 valence electrons. The Labute approximate surface area is 117 Å². The second-order valence-electron chi connectivity index (χ2n) is 6.42. The van der Waals surface area contributed by atoms with Crippen molar-refractivity contribution in [3.8, 4) is 0 Å². The summed E-state index contributed by atoms with van der Waals surface area (Å²) < 4.78 is 0. The number of carbonyl (C=O) groups is 1. The van der Waals surface area contributed by atoms with Crippen LogP contribution in [0.15, 0.2) is 0 Å². The lowest BCUT2D eigenvalue weighted by Gasteiger charge is -2.27. The molecule has 19 heavy (non-hydrogen) atoms. The molecule has 0 aliphatic carbocycles. The van der Waals surface area contributed by atoms with Crippen molar-refractivity contribution in [2.24, 2.45) is 5.92 Å². The molecule has 4 heteroatoms. The molecule has 0 bridgehead atoms. The molecule has 2 rings (SSSR count). The maximum atomic E-state index is 12.4. The van der Waals surface area contributed by atoms with Gasteiger partial charge < -0.3 is 15.5 Å². The van der Waals surface area contributed by atoms with Crippen LogP contribution in [0.5, 0.6) is 0 Å². The quantitative estimate of drug-likeness (QED) is 0.790. The molecule has 4 nitrogen and oxygen atoms in total. The van der Waals surface area contributed by atoms with Gasteiger partial charge in [0, 0.05) is 19.1 Å². The van der Waals surface area contributed by atoms with E-state index in [-0.39, 0.29) is 11.4 Å². The summed E-state index contributed by atoms with van der Waals surface area (Å²) in [6, 6.07) is 0.624. The highest BCUT2D eigenvalue weighted by Gasteiger charge is 2.39. The summed E-state index contributed by atoms with van der Waals surface area (Å²) >= 11 is 0. The fourth-order valence-corrected chi connectivity index (χ4v) is 3.37. The normalized spacial score (nSPS) is 32.1. The molecule has 2 unspecified atom stereocenters. The van der Waals surface area contributed by atoms with Gasteiger partial charge in [-0.25, -0.2) is 0 Å². The lowest BCUT2D eigenvalue weighted by atomic mass is 9.93. The predicted molar refractivity (Wildman–Crippen MR) is 78.1 cm³/mol. The average Bonchev–Trinajstić information content (AvgIpc) is 3.05. The van der Waals surface area contributed by atoms with Crippen molar-refractivity contribution < 1.29 is 4.79 Å². The minimum absolute atomic E-state index is 0.218. The summed E-state index contributed by atoms with van der Waals surface area (Å²) in [7, 11) is 0.